The Balaban J connectivity index is 2.24. The molecule has 1 N–H and O–H groups in total. The van der Waals surface area contributed by atoms with E-state index < -0.39 is 12.0 Å². The second-order valence-electron chi connectivity index (χ2n) is 5.61. The molecule has 0 spiro atoms. The fraction of sp³-hybridized carbons (Fsp3) is 0.353. The maximum atomic E-state index is 12.5. The molecule has 1 heterocycles. The molecule has 6 nitrogen and oxygen atoms in total. The van der Waals surface area contributed by atoms with E-state index in [-0.39, 0.29) is 11.8 Å². The lowest BCUT2D eigenvalue weighted by Gasteiger charge is -2.19. The van der Waals surface area contributed by atoms with Crippen molar-refractivity contribution in [3.8, 4) is 5.69 Å². The van der Waals surface area contributed by atoms with Crippen molar-refractivity contribution < 1.29 is 14.3 Å². The van der Waals surface area contributed by atoms with E-state index in [1.54, 1.807) is 4.68 Å². The number of aromatic nitrogens is 2. The number of benzene rings is 1. The summed E-state index contributed by atoms with van der Waals surface area (Å²) in [4.78, 5) is 24.2. The summed E-state index contributed by atoms with van der Waals surface area (Å²) in [5, 5.41) is 6.99. The standard InChI is InChI=1S/C17H21N3O3/c1-11(2)15(17(22)23-4)19-16(21)14-10-18-20(12(14)3)13-8-6-5-7-9-13/h5-11,15H,1-4H3,(H,19,21)/t15-/m0/s1. The van der Waals surface area contributed by atoms with Gasteiger partial charge in [0.2, 0.25) is 0 Å². The van der Waals surface area contributed by atoms with Crippen LogP contribution in [0.5, 0.6) is 0 Å². The third-order valence-electron chi connectivity index (χ3n) is 3.66. The molecule has 2 rings (SSSR count). The Morgan fingerprint density at radius 2 is 1.87 bits per heavy atom. The highest BCUT2D eigenvalue weighted by Crippen LogP contribution is 2.14. The molecule has 0 radical (unpaired) electrons. The maximum absolute atomic E-state index is 12.5. The zero-order chi connectivity index (χ0) is 17.0. The summed E-state index contributed by atoms with van der Waals surface area (Å²) in [5.41, 5.74) is 2.02. The van der Waals surface area contributed by atoms with Gasteiger partial charge in [-0.1, -0.05) is 32.0 Å². The minimum atomic E-state index is -0.688. The summed E-state index contributed by atoms with van der Waals surface area (Å²) in [6.07, 6.45) is 1.51. The van der Waals surface area contributed by atoms with Crippen LogP contribution in [0.25, 0.3) is 5.69 Å². The van der Waals surface area contributed by atoms with Crippen LogP contribution in [-0.2, 0) is 9.53 Å². The molecule has 6 heteroatoms. The molecule has 2 aromatic rings. The normalized spacial score (nSPS) is 12.0. The Kier molecular flexibility index (Phi) is 5.16. The van der Waals surface area contributed by atoms with Gasteiger partial charge < -0.3 is 10.1 Å². The van der Waals surface area contributed by atoms with Crippen LogP contribution in [0.1, 0.15) is 29.9 Å². The predicted octanol–water partition coefficient (Wildman–Crippen LogP) is 2.11. The first-order chi connectivity index (χ1) is 11.0. The van der Waals surface area contributed by atoms with E-state index in [4.69, 9.17) is 4.74 Å². The first-order valence-corrected chi connectivity index (χ1v) is 7.44. The number of carbonyl (C=O) groups is 2. The number of methoxy groups -OCH3 is 1. The Morgan fingerprint density at radius 3 is 2.43 bits per heavy atom. The van der Waals surface area contributed by atoms with Gasteiger partial charge in [0.15, 0.2) is 0 Å². The zero-order valence-electron chi connectivity index (χ0n) is 13.7. The van der Waals surface area contributed by atoms with Gasteiger partial charge in [0, 0.05) is 0 Å². The molecule has 0 bridgehead atoms. The molecule has 0 fully saturated rings. The van der Waals surface area contributed by atoms with Crippen LogP contribution in [0, 0.1) is 12.8 Å². The van der Waals surface area contributed by atoms with E-state index in [9.17, 15) is 9.59 Å². The van der Waals surface area contributed by atoms with Gasteiger partial charge in [-0.25, -0.2) is 9.48 Å². The lowest BCUT2D eigenvalue weighted by atomic mass is 10.0. The molecule has 1 atom stereocenters. The second-order valence-corrected chi connectivity index (χ2v) is 5.61. The number of rotatable bonds is 5. The molecule has 0 aliphatic carbocycles. The van der Waals surface area contributed by atoms with E-state index in [0.29, 0.717) is 11.3 Å². The molecule has 1 amide bonds. The molecular formula is C17H21N3O3. The van der Waals surface area contributed by atoms with Gasteiger partial charge >= 0.3 is 5.97 Å². The van der Waals surface area contributed by atoms with Crippen LogP contribution >= 0.6 is 0 Å². The van der Waals surface area contributed by atoms with Crippen molar-refractivity contribution in [2.24, 2.45) is 5.92 Å². The molecule has 0 aliphatic rings. The second kappa shape index (κ2) is 7.09. The van der Waals surface area contributed by atoms with Gasteiger partial charge in [-0.05, 0) is 25.0 Å². The molecule has 0 aliphatic heterocycles. The summed E-state index contributed by atoms with van der Waals surface area (Å²) in [6, 6.07) is 8.86. The van der Waals surface area contributed by atoms with Gasteiger partial charge in [-0.3, -0.25) is 4.79 Å². The van der Waals surface area contributed by atoms with Crippen molar-refractivity contribution in [1.29, 1.82) is 0 Å². The lowest BCUT2D eigenvalue weighted by Crippen LogP contribution is -2.45. The van der Waals surface area contributed by atoms with Crippen molar-refractivity contribution >= 4 is 11.9 Å². The number of carbonyl (C=O) groups excluding carboxylic acids is 2. The molecular weight excluding hydrogens is 294 g/mol. The van der Waals surface area contributed by atoms with Crippen LogP contribution in [0.3, 0.4) is 0 Å². The van der Waals surface area contributed by atoms with Crippen LogP contribution < -0.4 is 5.32 Å². The smallest absolute Gasteiger partial charge is 0.328 e. The molecule has 23 heavy (non-hydrogen) atoms. The predicted molar refractivity (Wildman–Crippen MR) is 86.4 cm³/mol. The Labute approximate surface area is 135 Å². The summed E-state index contributed by atoms with van der Waals surface area (Å²) < 4.78 is 6.43. The number of hydrogen-bond acceptors (Lipinski definition) is 4. The van der Waals surface area contributed by atoms with Gasteiger partial charge in [0.1, 0.15) is 6.04 Å². The van der Waals surface area contributed by atoms with Crippen LogP contribution in [0.4, 0.5) is 0 Å². The summed E-state index contributed by atoms with van der Waals surface area (Å²) in [7, 11) is 1.31. The first-order valence-electron chi connectivity index (χ1n) is 7.44. The number of amides is 1. The highest BCUT2D eigenvalue weighted by molar-refractivity contribution is 5.97. The number of hydrogen-bond donors (Lipinski definition) is 1. The third-order valence-corrected chi connectivity index (χ3v) is 3.66. The first kappa shape index (κ1) is 16.7. The summed E-state index contributed by atoms with van der Waals surface area (Å²) >= 11 is 0. The fourth-order valence-corrected chi connectivity index (χ4v) is 2.31. The molecule has 122 valence electrons. The summed E-state index contributed by atoms with van der Waals surface area (Å²) in [5.74, 6) is -0.869. The minimum Gasteiger partial charge on any atom is -0.467 e. The van der Waals surface area contributed by atoms with E-state index in [0.717, 1.165) is 5.69 Å². The quantitative estimate of drug-likeness (QED) is 0.858. The maximum Gasteiger partial charge on any atom is 0.328 e. The van der Waals surface area contributed by atoms with Crippen molar-refractivity contribution in [2.75, 3.05) is 7.11 Å². The van der Waals surface area contributed by atoms with Gasteiger partial charge in [0.25, 0.3) is 5.91 Å². The van der Waals surface area contributed by atoms with Crippen molar-refractivity contribution in [3.63, 3.8) is 0 Å². The topological polar surface area (TPSA) is 73.2 Å². The minimum absolute atomic E-state index is 0.0733. The third kappa shape index (κ3) is 3.59. The largest absolute Gasteiger partial charge is 0.467 e. The van der Waals surface area contributed by atoms with E-state index in [2.05, 4.69) is 10.4 Å². The SMILES string of the molecule is COC(=O)[C@@H](NC(=O)c1cnn(-c2ccccc2)c1C)C(C)C. The number of ether oxygens (including phenoxy) is 1. The summed E-state index contributed by atoms with van der Waals surface area (Å²) in [6.45, 7) is 5.52. The van der Waals surface area contributed by atoms with Crippen molar-refractivity contribution in [1.82, 2.24) is 15.1 Å². The van der Waals surface area contributed by atoms with Crippen molar-refractivity contribution in [2.45, 2.75) is 26.8 Å². The molecule has 0 saturated carbocycles. The molecule has 0 saturated heterocycles. The van der Waals surface area contributed by atoms with Gasteiger partial charge in [-0.2, -0.15) is 5.10 Å². The zero-order valence-corrected chi connectivity index (χ0v) is 13.7. The monoisotopic (exact) mass is 315 g/mol. The van der Waals surface area contributed by atoms with E-state index >= 15 is 0 Å². The molecule has 1 aromatic heterocycles. The average Bonchev–Trinajstić information content (AvgIpc) is 2.94. The van der Waals surface area contributed by atoms with Crippen LogP contribution in [0.2, 0.25) is 0 Å². The van der Waals surface area contributed by atoms with Crippen LogP contribution in [-0.4, -0.2) is 34.8 Å². The van der Waals surface area contributed by atoms with E-state index in [1.807, 2.05) is 51.1 Å². The molecule has 1 aromatic carbocycles. The highest BCUT2D eigenvalue weighted by Gasteiger charge is 2.26. The number of nitrogens with zero attached hydrogens (tertiary/aromatic N) is 2. The average molecular weight is 315 g/mol. The van der Waals surface area contributed by atoms with Gasteiger partial charge in [-0.15, -0.1) is 0 Å². The molecule has 0 unspecified atom stereocenters. The van der Waals surface area contributed by atoms with Crippen LogP contribution in [0.15, 0.2) is 36.5 Å². The number of nitrogens with one attached hydrogen (secondary N) is 1. The van der Waals surface area contributed by atoms with Crippen molar-refractivity contribution in [3.05, 3.63) is 47.8 Å². The number of esters is 1. The Bertz CT molecular complexity index is 692. The fourth-order valence-electron chi connectivity index (χ4n) is 2.31. The Hall–Kier alpha value is -2.63. The Morgan fingerprint density at radius 1 is 1.22 bits per heavy atom. The van der Waals surface area contributed by atoms with Gasteiger partial charge in [0.05, 0.1) is 30.3 Å². The van der Waals surface area contributed by atoms with E-state index in [1.165, 1.54) is 13.3 Å². The number of para-hydroxylation sites is 1. The lowest BCUT2D eigenvalue weighted by molar-refractivity contribution is -0.144. The highest BCUT2D eigenvalue weighted by atomic mass is 16.5.